The number of hydrogen-bond donors (Lipinski definition) is 0. The molecule has 2 heterocycles. The van der Waals surface area contributed by atoms with Crippen LogP contribution in [0.1, 0.15) is 11.1 Å². The predicted octanol–water partition coefficient (Wildman–Crippen LogP) is 2.93. The molecule has 0 N–H and O–H groups in total. The Morgan fingerprint density at radius 3 is 2.63 bits per heavy atom. The molecule has 1 aromatic carbocycles. The standard InChI is InChI=1S/C16H20N3/c1-13-4-5-16-14(10-13)11-19(3,12-18(16)2)15-6-8-17-9-7-15/h4-10H,11-12H2,1-3H3/q+1. The van der Waals surface area contributed by atoms with Crippen LogP contribution in [0.15, 0.2) is 42.7 Å². The lowest BCUT2D eigenvalue weighted by molar-refractivity contribution is 0.311. The molecule has 0 amide bonds. The van der Waals surface area contributed by atoms with E-state index in [4.69, 9.17) is 0 Å². The second-order valence-electron chi connectivity index (χ2n) is 5.73. The Morgan fingerprint density at radius 2 is 1.89 bits per heavy atom. The van der Waals surface area contributed by atoms with E-state index in [9.17, 15) is 0 Å². The summed E-state index contributed by atoms with van der Waals surface area (Å²) in [7, 11) is 4.46. The zero-order chi connectivity index (χ0) is 13.5. The molecule has 0 bridgehead atoms. The van der Waals surface area contributed by atoms with Crippen molar-refractivity contribution in [2.24, 2.45) is 0 Å². The summed E-state index contributed by atoms with van der Waals surface area (Å²) < 4.78 is 0.898. The highest BCUT2D eigenvalue weighted by atomic mass is 15.4. The second kappa shape index (κ2) is 4.35. The van der Waals surface area contributed by atoms with Gasteiger partial charge in [-0.05, 0) is 19.1 Å². The van der Waals surface area contributed by atoms with Gasteiger partial charge in [0.1, 0.15) is 12.2 Å². The number of nitrogens with zero attached hydrogens (tertiary/aromatic N) is 3. The minimum Gasteiger partial charge on any atom is -0.327 e. The fourth-order valence-electron chi connectivity index (χ4n) is 3.06. The minimum absolute atomic E-state index is 0.898. The topological polar surface area (TPSA) is 16.1 Å². The zero-order valence-corrected chi connectivity index (χ0v) is 11.8. The van der Waals surface area contributed by atoms with E-state index in [1.165, 1.54) is 22.5 Å². The van der Waals surface area contributed by atoms with Crippen molar-refractivity contribution in [3.05, 3.63) is 53.9 Å². The van der Waals surface area contributed by atoms with Gasteiger partial charge in [0.05, 0.1) is 7.05 Å². The van der Waals surface area contributed by atoms with Crippen LogP contribution in [0.2, 0.25) is 0 Å². The number of rotatable bonds is 1. The molecule has 0 spiro atoms. The summed E-state index contributed by atoms with van der Waals surface area (Å²) in [5.41, 5.74) is 5.42. The first-order valence-corrected chi connectivity index (χ1v) is 6.64. The molecule has 0 aliphatic carbocycles. The van der Waals surface area contributed by atoms with Crippen LogP contribution in [-0.4, -0.2) is 25.7 Å². The molecule has 19 heavy (non-hydrogen) atoms. The molecule has 2 aromatic rings. The van der Waals surface area contributed by atoms with E-state index in [-0.39, 0.29) is 0 Å². The van der Waals surface area contributed by atoms with Gasteiger partial charge in [0, 0.05) is 42.8 Å². The molecule has 1 aliphatic rings. The minimum atomic E-state index is 0.898. The van der Waals surface area contributed by atoms with E-state index in [1.54, 1.807) is 0 Å². The quantitative estimate of drug-likeness (QED) is 0.727. The van der Waals surface area contributed by atoms with E-state index in [0.29, 0.717) is 0 Å². The Bertz CT molecular complexity index is 594. The highest BCUT2D eigenvalue weighted by Crippen LogP contribution is 2.33. The van der Waals surface area contributed by atoms with Crippen LogP contribution in [-0.2, 0) is 6.54 Å². The van der Waals surface area contributed by atoms with Crippen molar-refractivity contribution in [3.63, 3.8) is 0 Å². The van der Waals surface area contributed by atoms with Crippen molar-refractivity contribution in [1.82, 2.24) is 9.47 Å². The fraction of sp³-hybridized carbons (Fsp3) is 0.312. The number of hydrogen-bond acceptors (Lipinski definition) is 2. The van der Waals surface area contributed by atoms with E-state index >= 15 is 0 Å². The molecule has 3 rings (SSSR count). The van der Waals surface area contributed by atoms with Crippen LogP contribution in [0.25, 0.3) is 0 Å². The number of anilines is 1. The fourth-order valence-corrected chi connectivity index (χ4v) is 3.06. The molecule has 98 valence electrons. The van der Waals surface area contributed by atoms with Gasteiger partial charge in [-0.2, -0.15) is 0 Å². The van der Waals surface area contributed by atoms with Crippen LogP contribution >= 0.6 is 0 Å². The van der Waals surface area contributed by atoms with Crippen molar-refractivity contribution < 1.29 is 0 Å². The molecule has 0 radical (unpaired) electrons. The van der Waals surface area contributed by atoms with Gasteiger partial charge in [-0.25, -0.2) is 0 Å². The monoisotopic (exact) mass is 254 g/mol. The molecular weight excluding hydrogens is 234 g/mol. The summed E-state index contributed by atoms with van der Waals surface area (Å²) >= 11 is 0. The van der Waals surface area contributed by atoms with Crippen LogP contribution in [0.3, 0.4) is 0 Å². The van der Waals surface area contributed by atoms with E-state index < -0.39 is 0 Å². The number of quaternary nitrogens is 1. The van der Waals surface area contributed by atoms with Gasteiger partial charge >= 0.3 is 0 Å². The molecular formula is C16H20N3+. The van der Waals surface area contributed by atoms with Crippen molar-refractivity contribution in [2.45, 2.75) is 13.5 Å². The van der Waals surface area contributed by atoms with Crippen molar-refractivity contribution in [1.29, 1.82) is 0 Å². The van der Waals surface area contributed by atoms with Crippen molar-refractivity contribution >= 4 is 11.4 Å². The first kappa shape index (κ1) is 12.2. The SMILES string of the molecule is Cc1ccc2c(c1)C[N+](C)(c1ccncc1)CN2C. The third-order valence-corrected chi connectivity index (χ3v) is 3.98. The predicted molar refractivity (Wildman–Crippen MR) is 80.1 cm³/mol. The first-order chi connectivity index (χ1) is 9.08. The average Bonchev–Trinajstić information content (AvgIpc) is 2.39. The van der Waals surface area contributed by atoms with Gasteiger partial charge in [0.15, 0.2) is 6.67 Å². The lowest BCUT2D eigenvalue weighted by atomic mass is 10.0. The normalized spacial score (nSPS) is 22.2. The second-order valence-corrected chi connectivity index (χ2v) is 5.73. The maximum absolute atomic E-state index is 4.13. The number of fused-ring (bicyclic) bond motifs is 1. The van der Waals surface area contributed by atoms with E-state index in [0.717, 1.165) is 17.7 Å². The Kier molecular flexibility index (Phi) is 2.79. The third-order valence-electron chi connectivity index (χ3n) is 3.98. The van der Waals surface area contributed by atoms with Gasteiger partial charge in [-0.3, -0.25) is 9.47 Å². The summed E-state index contributed by atoms with van der Waals surface area (Å²) in [5.74, 6) is 0. The van der Waals surface area contributed by atoms with Crippen LogP contribution in [0, 0.1) is 6.92 Å². The zero-order valence-electron chi connectivity index (χ0n) is 11.8. The lowest BCUT2D eigenvalue weighted by Crippen LogP contribution is -2.54. The summed E-state index contributed by atoms with van der Waals surface area (Å²) in [6.45, 7) is 4.18. The molecule has 1 atom stereocenters. The van der Waals surface area contributed by atoms with Crippen molar-refractivity contribution in [3.8, 4) is 0 Å². The number of aromatic nitrogens is 1. The van der Waals surface area contributed by atoms with Crippen LogP contribution < -0.4 is 9.38 Å². The Labute approximate surface area is 114 Å². The van der Waals surface area contributed by atoms with Gasteiger partial charge < -0.3 is 4.90 Å². The molecule has 3 heteroatoms. The molecule has 1 aliphatic heterocycles. The number of benzene rings is 1. The maximum Gasteiger partial charge on any atom is 0.159 e. The average molecular weight is 254 g/mol. The molecule has 0 saturated carbocycles. The summed E-state index contributed by atoms with van der Waals surface area (Å²) in [6, 6.07) is 11.0. The molecule has 1 unspecified atom stereocenters. The molecule has 3 nitrogen and oxygen atoms in total. The van der Waals surface area contributed by atoms with Gasteiger partial charge in [-0.15, -0.1) is 0 Å². The third kappa shape index (κ3) is 2.10. The lowest BCUT2D eigenvalue weighted by Gasteiger charge is -2.42. The maximum atomic E-state index is 4.13. The van der Waals surface area contributed by atoms with Crippen LogP contribution in [0.5, 0.6) is 0 Å². The first-order valence-electron chi connectivity index (χ1n) is 6.64. The van der Waals surface area contributed by atoms with Crippen LogP contribution in [0.4, 0.5) is 11.4 Å². The summed E-state index contributed by atoms with van der Waals surface area (Å²) in [4.78, 5) is 6.47. The molecule has 0 saturated heterocycles. The Morgan fingerprint density at radius 1 is 1.16 bits per heavy atom. The number of pyridine rings is 1. The van der Waals surface area contributed by atoms with Crippen molar-refractivity contribution in [2.75, 3.05) is 25.7 Å². The highest BCUT2D eigenvalue weighted by molar-refractivity contribution is 5.59. The number of aryl methyl sites for hydroxylation is 1. The summed E-state index contributed by atoms with van der Waals surface area (Å²) in [6.07, 6.45) is 3.76. The van der Waals surface area contributed by atoms with Gasteiger partial charge in [-0.1, -0.05) is 11.6 Å². The molecule has 0 fully saturated rings. The van der Waals surface area contributed by atoms with Gasteiger partial charge in [0.2, 0.25) is 0 Å². The Hall–Kier alpha value is -1.87. The van der Waals surface area contributed by atoms with E-state index in [2.05, 4.69) is 61.2 Å². The summed E-state index contributed by atoms with van der Waals surface area (Å²) in [5, 5.41) is 0. The van der Waals surface area contributed by atoms with Gasteiger partial charge in [0.25, 0.3) is 0 Å². The highest BCUT2D eigenvalue weighted by Gasteiger charge is 2.33. The molecule has 1 aromatic heterocycles. The smallest absolute Gasteiger partial charge is 0.159 e. The largest absolute Gasteiger partial charge is 0.327 e. The van der Waals surface area contributed by atoms with E-state index in [1.807, 2.05) is 12.4 Å². The Balaban J connectivity index is 2.05.